The first-order chi connectivity index (χ1) is 9.94. The van der Waals surface area contributed by atoms with Crippen LogP contribution in [0.3, 0.4) is 0 Å². The Morgan fingerprint density at radius 1 is 1.24 bits per heavy atom. The molecular formula is C14H21ClNO4P. The van der Waals surface area contributed by atoms with Crippen LogP contribution in [0.4, 0.5) is 0 Å². The SMILES string of the molecule is CCOP(=O)(OCC)C(NC(=O)C(C)Cl)c1ccccc1. The Morgan fingerprint density at radius 2 is 1.76 bits per heavy atom. The minimum atomic E-state index is -3.54. The van der Waals surface area contributed by atoms with Crippen molar-refractivity contribution in [3.05, 3.63) is 35.9 Å². The summed E-state index contributed by atoms with van der Waals surface area (Å²) >= 11 is 5.78. The highest BCUT2D eigenvalue weighted by atomic mass is 35.5. The fourth-order valence-corrected chi connectivity index (χ4v) is 3.75. The number of hydrogen-bond acceptors (Lipinski definition) is 4. The molecule has 0 aliphatic carbocycles. The van der Waals surface area contributed by atoms with Crippen molar-refractivity contribution in [2.45, 2.75) is 31.9 Å². The molecule has 1 aromatic carbocycles. The Labute approximate surface area is 130 Å². The van der Waals surface area contributed by atoms with E-state index in [0.29, 0.717) is 5.56 Å². The van der Waals surface area contributed by atoms with Gasteiger partial charge in [-0.25, -0.2) is 0 Å². The molecule has 0 aliphatic rings. The molecule has 118 valence electrons. The first kappa shape index (κ1) is 18.2. The highest BCUT2D eigenvalue weighted by Gasteiger charge is 2.38. The number of hydrogen-bond donors (Lipinski definition) is 1. The van der Waals surface area contributed by atoms with Gasteiger partial charge in [-0.2, -0.15) is 0 Å². The number of carbonyl (C=O) groups is 1. The second-order valence-electron chi connectivity index (χ2n) is 4.31. The van der Waals surface area contributed by atoms with Gasteiger partial charge in [-0.05, 0) is 26.3 Å². The third-order valence-electron chi connectivity index (χ3n) is 2.69. The maximum atomic E-state index is 13.0. The van der Waals surface area contributed by atoms with Crippen molar-refractivity contribution >= 4 is 25.1 Å². The largest absolute Gasteiger partial charge is 0.357 e. The predicted octanol–water partition coefficient (Wildman–Crippen LogP) is 3.69. The summed E-state index contributed by atoms with van der Waals surface area (Å²) in [7, 11) is -3.54. The Kier molecular flexibility index (Phi) is 7.40. The van der Waals surface area contributed by atoms with Crippen LogP contribution in [-0.4, -0.2) is 24.5 Å². The molecule has 2 atom stereocenters. The van der Waals surface area contributed by atoms with Gasteiger partial charge < -0.3 is 14.4 Å². The molecule has 0 radical (unpaired) electrons. The molecule has 0 spiro atoms. The van der Waals surface area contributed by atoms with Crippen molar-refractivity contribution in [1.29, 1.82) is 0 Å². The first-order valence-corrected chi connectivity index (χ1v) is 8.87. The fraction of sp³-hybridized carbons (Fsp3) is 0.500. The summed E-state index contributed by atoms with van der Waals surface area (Å²) < 4.78 is 23.7. The molecule has 0 bridgehead atoms. The van der Waals surface area contributed by atoms with E-state index in [2.05, 4.69) is 5.32 Å². The third-order valence-corrected chi connectivity index (χ3v) is 5.18. The van der Waals surface area contributed by atoms with Crippen LogP contribution in [0, 0.1) is 0 Å². The van der Waals surface area contributed by atoms with Crippen molar-refractivity contribution in [2.24, 2.45) is 0 Å². The average molecular weight is 334 g/mol. The fourth-order valence-electron chi connectivity index (χ4n) is 1.78. The first-order valence-electron chi connectivity index (χ1n) is 6.82. The van der Waals surface area contributed by atoms with Crippen molar-refractivity contribution < 1.29 is 18.4 Å². The number of rotatable bonds is 8. The maximum absolute atomic E-state index is 13.0. The quantitative estimate of drug-likeness (QED) is 0.582. The lowest BCUT2D eigenvalue weighted by molar-refractivity contribution is -0.120. The van der Waals surface area contributed by atoms with Crippen LogP contribution in [0.1, 0.15) is 32.1 Å². The van der Waals surface area contributed by atoms with Crippen LogP contribution in [0.5, 0.6) is 0 Å². The number of carbonyl (C=O) groups excluding carboxylic acids is 1. The monoisotopic (exact) mass is 333 g/mol. The number of halogens is 1. The van der Waals surface area contributed by atoms with Crippen molar-refractivity contribution in [3.8, 4) is 0 Å². The smallest absolute Gasteiger partial charge is 0.337 e. The second-order valence-corrected chi connectivity index (χ2v) is 7.08. The molecule has 1 aromatic rings. The predicted molar refractivity (Wildman–Crippen MR) is 83.5 cm³/mol. The third kappa shape index (κ3) is 5.11. The summed E-state index contributed by atoms with van der Waals surface area (Å²) in [6.07, 6.45) is 0. The summed E-state index contributed by atoms with van der Waals surface area (Å²) in [5.41, 5.74) is 0.647. The second kappa shape index (κ2) is 8.54. The minimum absolute atomic E-state index is 0.215. The van der Waals surface area contributed by atoms with Gasteiger partial charge >= 0.3 is 7.60 Å². The Balaban J connectivity index is 3.16. The van der Waals surface area contributed by atoms with Crippen LogP contribution in [0.25, 0.3) is 0 Å². The molecule has 21 heavy (non-hydrogen) atoms. The lowest BCUT2D eigenvalue weighted by Gasteiger charge is -2.27. The normalized spacial score (nSPS) is 14.5. The van der Waals surface area contributed by atoms with Crippen LogP contribution in [0.15, 0.2) is 30.3 Å². The molecule has 0 aromatic heterocycles. The summed E-state index contributed by atoms with van der Waals surface area (Å²) in [6, 6.07) is 8.93. The summed E-state index contributed by atoms with van der Waals surface area (Å²) in [4.78, 5) is 11.9. The van der Waals surface area contributed by atoms with E-state index in [4.69, 9.17) is 20.6 Å². The van der Waals surface area contributed by atoms with Gasteiger partial charge in [0.25, 0.3) is 0 Å². The lowest BCUT2D eigenvalue weighted by atomic mass is 10.2. The Hall–Kier alpha value is -0.870. The van der Waals surface area contributed by atoms with Gasteiger partial charge in [-0.3, -0.25) is 9.36 Å². The summed E-state index contributed by atoms with van der Waals surface area (Å²) in [5.74, 6) is -1.31. The zero-order valence-electron chi connectivity index (χ0n) is 12.4. The number of benzene rings is 1. The van der Waals surface area contributed by atoms with Gasteiger partial charge in [0, 0.05) is 0 Å². The van der Waals surface area contributed by atoms with E-state index in [9.17, 15) is 9.36 Å². The highest BCUT2D eigenvalue weighted by molar-refractivity contribution is 7.54. The highest BCUT2D eigenvalue weighted by Crippen LogP contribution is 2.59. The van der Waals surface area contributed by atoms with Gasteiger partial charge in [0.05, 0.1) is 13.2 Å². The van der Waals surface area contributed by atoms with E-state index in [1.165, 1.54) is 0 Å². The van der Waals surface area contributed by atoms with Gasteiger partial charge in [0.2, 0.25) is 5.91 Å². The molecule has 0 saturated heterocycles. The van der Waals surface area contributed by atoms with E-state index in [-0.39, 0.29) is 13.2 Å². The van der Waals surface area contributed by atoms with E-state index < -0.39 is 24.7 Å². The maximum Gasteiger partial charge on any atom is 0.357 e. The standard InChI is InChI=1S/C14H21ClNO4P/c1-4-19-21(18,20-5-2)14(16-13(17)11(3)15)12-9-7-6-8-10-12/h6-11,14H,4-5H2,1-3H3,(H,16,17). The molecule has 0 heterocycles. The Bertz CT molecular complexity index is 485. The molecule has 1 N–H and O–H groups in total. The summed E-state index contributed by atoms with van der Waals surface area (Å²) in [5, 5.41) is 1.92. The molecule has 2 unspecified atom stereocenters. The van der Waals surface area contributed by atoms with E-state index >= 15 is 0 Å². The molecule has 1 amide bonds. The number of amides is 1. The van der Waals surface area contributed by atoms with Gasteiger partial charge in [-0.15, -0.1) is 11.6 Å². The van der Waals surface area contributed by atoms with Crippen LogP contribution in [0.2, 0.25) is 0 Å². The topological polar surface area (TPSA) is 64.6 Å². The lowest BCUT2D eigenvalue weighted by Crippen LogP contribution is -2.34. The molecule has 0 fully saturated rings. The molecule has 0 saturated carbocycles. The summed E-state index contributed by atoms with van der Waals surface area (Å²) in [6.45, 7) is 5.42. The van der Waals surface area contributed by atoms with Crippen molar-refractivity contribution in [1.82, 2.24) is 5.32 Å². The van der Waals surface area contributed by atoms with Crippen LogP contribution >= 0.6 is 19.2 Å². The molecule has 7 heteroatoms. The van der Waals surface area contributed by atoms with Crippen molar-refractivity contribution in [2.75, 3.05) is 13.2 Å². The zero-order valence-corrected chi connectivity index (χ0v) is 14.1. The van der Waals surface area contributed by atoms with E-state index in [0.717, 1.165) is 0 Å². The van der Waals surface area contributed by atoms with Crippen molar-refractivity contribution in [3.63, 3.8) is 0 Å². The number of alkyl halides is 1. The number of nitrogens with one attached hydrogen (secondary N) is 1. The zero-order chi connectivity index (χ0) is 15.9. The van der Waals surface area contributed by atoms with E-state index in [1.807, 2.05) is 6.07 Å². The van der Waals surface area contributed by atoms with Crippen LogP contribution in [-0.2, 0) is 18.4 Å². The minimum Gasteiger partial charge on any atom is -0.337 e. The molecular weight excluding hydrogens is 313 g/mol. The van der Waals surface area contributed by atoms with E-state index in [1.54, 1.807) is 45.0 Å². The van der Waals surface area contributed by atoms with Gasteiger partial charge in [-0.1, -0.05) is 30.3 Å². The van der Waals surface area contributed by atoms with Crippen LogP contribution < -0.4 is 5.32 Å². The molecule has 0 aliphatic heterocycles. The Morgan fingerprint density at radius 3 is 2.19 bits per heavy atom. The van der Waals surface area contributed by atoms with Gasteiger partial charge in [0.15, 0.2) is 5.78 Å². The average Bonchev–Trinajstić information content (AvgIpc) is 2.45. The molecule has 1 rings (SSSR count). The van der Waals surface area contributed by atoms with Gasteiger partial charge in [0.1, 0.15) is 5.38 Å². The molecule has 5 nitrogen and oxygen atoms in total.